The SMILES string of the molecule is CN(C)S(=O)(=O)c1ccc(N2CCCCC2)c(C(=O)Nc2cccc(-c3nnco3)c2)c1. The van der Waals surface area contributed by atoms with E-state index in [2.05, 4.69) is 20.4 Å². The molecule has 1 amide bonds. The van der Waals surface area contributed by atoms with Crippen LogP contribution in [0, 0.1) is 0 Å². The molecule has 0 aliphatic carbocycles. The molecule has 10 heteroatoms. The fourth-order valence-electron chi connectivity index (χ4n) is 3.71. The first kappa shape index (κ1) is 22.0. The monoisotopic (exact) mass is 455 g/mol. The van der Waals surface area contributed by atoms with Gasteiger partial charge in [-0.25, -0.2) is 12.7 Å². The molecular weight excluding hydrogens is 430 g/mol. The zero-order valence-corrected chi connectivity index (χ0v) is 18.8. The van der Waals surface area contributed by atoms with E-state index in [1.165, 1.54) is 26.6 Å². The third-order valence-corrected chi connectivity index (χ3v) is 7.23. The number of hydrogen-bond acceptors (Lipinski definition) is 7. The van der Waals surface area contributed by atoms with E-state index >= 15 is 0 Å². The molecule has 0 saturated carbocycles. The van der Waals surface area contributed by atoms with Crippen molar-refractivity contribution in [3.8, 4) is 11.5 Å². The number of amides is 1. The minimum atomic E-state index is -3.68. The van der Waals surface area contributed by atoms with E-state index in [4.69, 9.17) is 4.42 Å². The summed E-state index contributed by atoms with van der Waals surface area (Å²) in [6, 6.07) is 11.8. The number of aromatic nitrogens is 2. The van der Waals surface area contributed by atoms with Gasteiger partial charge in [-0.15, -0.1) is 10.2 Å². The first-order chi connectivity index (χ1) is 15.4. The highest BCUT2D eigenvalue weighted by atomic mass is 32.2. The summed E-state index contributed by atoms with van der Waals surface area (Å²) in [7, 11) is -0.745. The Kier molecular flexibility index (Phi) is 6.24. The molecule has 1 N–H and O–H groups in total. The molecule has 0 bridgehead atoms. The van der Waals surface area contributed by atoms with Gasteiger partial charge in [0.1, 0.15) is 0 Å². The number of benzene rings is 2. The number of carbonyl (C=O) groups excluding carboxylic acids is 1. The van der Waals surface area contributed by atoms with Crippen molar-refractivity contribution in [2.45, 2.75) is 24.2 Å². The van der Waals surface area contributed by atoms with Gasteiger partial charge in [0.05, 0.1) is 10.5 Å². The van der Waals surface area contributed by atoms with Gasteiger partial charge in [-0.2, -0.15) is 0 Å². The molecule has 32 heavy (non-hydrogen) atoms. The van der Waals surface area contributed by atoms with Gasteiger partial charge in [0, 0.05) is 44.1 Å². The predicted octanol–water partition coefficient (Wildman–Crippen LogP) is 3.23. The Morgan fingerprint density at radius 3 is 2.56 bits per heavy atom. The van der Waals surface area contributed by atoms with Crippen molar-refractivity contribution in [3.63, 3.8) is 0 Å². The molecule has 0 radical (unpaired) electrons. The smallest absolute Gasteiger partial charge is 0.257 e. The third-order valence-electron chi connectivity index (χ3n) is 5.42. The summed E-state index contributed by atoms with van der Waals surface area (Å²) in [6.45, 7) is 1.65. The zero-order valence-electron chi connectivity index (χ0n) is 18.0. The first-order valence-electron chi connectivity index (χ1n) is 10.4. The molecular formula is C22H25N5O4S. The van der Waals surface area contributed by atoms with Crippen LogP contribution in [-0.4, -0.2) is 56.0 Å². The fraction of sp³-hybridized carbons (Fsp3) is 0.318. The Morgan fingerprint density at radius 2 is 1.88 bits per heavy atom. The van der Waals surface area contributed by atoms with Crippen LogP contribution in [0.2, 0.25) is 0 Å². The lowest BCUT2D eigenvalue weighted by Gasteiger charge is -2.30. The Morgan fingerprint density at radius 1 is 1.09 bits per heavy atom. The number of sulfonamides is 1. The Bertz CT molecular complexity index is 1200. The molecule has 168 valence electrons. The third kappa shape index (κ3) is 4.51. The Labute approximate surface area is 187 Å². The summed E-state index contributed by atoms with van der Waals surface area (Å²) in [5.41, 5.74) is 2.25. The van der Waals surface area contributed by atoms with Gasteiger partial charge in [-0.3, -0.25) is 4.79 Å². The maximum absolute atomic E-state index is 13.3. The molecule has 3 aromatic rings. The Hall–Kier alpha value is -3.24. The van der Waals surface area contributed by atoms with Crippen LogP contribution in [0.4, 0.5) is 11.4 Å². The van der Waals surface area contributed by atoms with E-state index in [0.29, 0.717) is 22.7 Å². The lowest BCUT2D eigenvalue weighted by Crippen LogP contribution is -2.32. The standard InChI is InChI=1S/C22H25N5O4S/c1-26(2)32(29,30)18-9-10-20(27-11-4-3-5-12-27)19(14-18)21(28)24-17-8-6-7-16(13-17)22-25-23-15-31-22/h6-10,13-15H,3-5,11-12H2,1-2H3,(H,24,28). The number of anilines is 2. The summed E-state index contributed by atoms with van der Waals surface area (Å²) >= 11 is 0. The van der Waals surface area contributed by atoms with Crippen LogP contribution in [0.15, 0.2) is 58.2 Å². The van der Waals surface area contributed by atoms with Crippen molar-refractivity contribution in [1.29, 1.82) is 0 Å². The van der Waals surface area contributed by atoms with Gasteiger partial charge in [0.25, 0.3) is 5.91 Å². The molecule has 4 rings (SSSR count). The summed E-state index contributed by atoms with van der Waals surface area (Å²) in [6.07, 6.45) is 4.45. The maximum Gasteiger partial charge on any atom is 0.257 e. The molecule has 2 heterocycles. The minimum absolute atomic E-state index is 0.0769. The van der Waals surface area contributed by atoms with Crippen molar-refractivity contribution < 1.29 is 17.6 Å². The van der Waals surface area contributed by atoms with Gasteiger partial charge in [0.2, 0.25) is 22.3 Å². The fourth-order valence-corrected chi connectivity index (χ4v) is 4.63. The number of piperidine rings is 1. The summed E-state index contributed by atoms with van der Waals surface area (Å²) < 4.78 is 31.7. The van der Waals surface area contributed by atoms with E-state index in [9.17, 15) is 13.2 Å². The molecule has 2 aromatic carbocycles. The normalized spacial score (nSPS) is 14.5. The van der Waals surface area contributed by atoms with Crippen LogP contribution >= 0.6 is 0 Å². The largest absolute Gasteiger partial charge is 0.423 e. The molecule has 0 unspecified atom stereocenters. The minimum Gasteiger partial charge on any atom is -0.423 e. The average molecular weight is 456 g/mol. The lowest BCUT2D eigenvalue weighted by molar-refractivity contribution is 0.102. The molecule has 1 aliphatic rings. The van der Waals surface area contributed by atoms with E-state index in [1.807, 2.05) is 0 Å². The zero-order chi connectivity index (χ0) is 22.7. The summed E-state index contributed by atoms with van der Waals surface area (Å²) in [4.78, 5) is 15.5. The molecule has 0 spiro atoms. The highest BCUT2D eigenvalue weighted by molar-refractivity contribution is 7.89. The van der Waals surface area contributed by atoms with Gasteiger partial charge in [-0.05, 0) is 55.7 Å². The average Bonchev–Trinajstić information content (AvgIpc) is 3.34. The quantitative estimate of drug-likeness (QED) is 0.608. The number of rotatable bonds is 6. The van der Waals surface area contributed by atoms with Crippen LogP contribution in [-0.2, 0) is 10.0 Å². The molecule has 1 fully saturated rings. The van der Waals surface area contributed by atoms with Crippen molar-refractivity contribution >= 4 is 27.3 Å². The summed E-state index contributed by atoms with van der Waals surface area (Å²) in [5.74, 6) is -0.0433. The van der Waals surface area contributed by atoms with Crippen molar-refractivity contribution in [1.82, 2.24) is 14.5 Å². The van der Waals surface area contributed by atoms with Gasteiger partial charge in [-0.1, -0.05) is 6.07 Å². The molecule has 0 atom stereocenters. The number of hydrogen-bond donors (Lipinski definition) is 1. The van der Waals surface area contributed by atoms with E-state index in [1.54, 1.807) is 36.4 Å². The van der Waals surface area contributed by atoms with Crippen molar-refractivity contribution in [3.05, 3.63) is 54.4 Å². The van der Waals surface area contributed by atoms with Crippen LogP contribution in [0.25, 0.3) is 11.5 Å². The number of carbonyl (C=O) groups is 1. The van der Waals surface area contributed by atoms with E-state index < -0.39 is 10.0 Å². The Balaban J connectivity index is 1.70. The maximum atomic E-state index is 13.3. The highest BCUT2D eigenvalue weighted by Gasteiger charge is 2.24. The lowest BCUT2D eigenvalue weighted by atomic mass is 10.1. The topological polar surface area (TPSA) is 109 Å². The van der Waals surface area contributed by atoms with Crippen molar-refractivity contribution in [2.75, 3.05) is 37.4 Å². The van der Waals surface area contributed by atoms with Crippen LogP contribution in [0.3, 0.4) is 0 Å². The van der Waals surface area contributed by atoms with E-state index in [0.717, 1.165) is 42.3 Å². The predicted molar refractivity (Wildman–Crippen MR) is 121 cm³/mol. The number of nitrogens with one attached hydrogen (secondary N) is 1. The molecule has 9 nitrogen and oxygen atoms in total. The van der Waals surface area contributed by atoms with Crippen LogP contribution in [0.5, 0.6) is 0 Å². The second-order valence-corrected chi connectivity index (χ2v) is 9.94. The van der Waals surface area contributed by atoms with E-state index in [-0.39, 0.29) is 10.8 Å². The van der Waals surface area contributed by atoms with Crippen molar-refractivity contribution in [2.24, 2.45) is 0 Å². The summed E-state index contributed by atoms with van der Waals surface area (Å²) in [5, 5.41) is 10.4. The van der Waals surface area contributed by atoms with Gasteiger partial charge < -0.3 is 14.6 Å². The molecule has 1 aliphatic heterocycles. The van der Waals surface area contributed by atoms with Crippen LogP contribution < -0.4 is 10.2 Å². The molecule has 1 aromatic heterocycles. The van der Waals surface area contributed by atoms with Gasteiger partial charge >= 0.3 is 0 Å². The highest BCUT2D eigenvalue weighted by Crippen LogP contribution is 2.29. The van der Waals surface area contributed by atoms with Crippen LogP contribution in [0.1, 0.15) is 29.6 Å². The van der Waals surface area contributed by atoms with Gasteiger partial charge in [0.15, 0.2) is 0 Å². The second-order valence-electron chi connectivity index (χ2n) is 7.79. The second kappa shape index (κ2) is 9.09. The number of nitrogens with zero attached hydrogens (tertiary/aromatic N) is 4. The first-order valence-corrected chi connectivity index (χ1v) is 11.8. The molecule has 1 saturated heterocycles.